The van der Waals surface area contributed by atoms with E-state index in [-0.39, 0.29) is 17.9 Å². The van der Waals surface area contributed by atoms with Gasteiger partial charge in [-0.1, -0.05) is 23.7 Å². The van der Waals surface area contributed by atoms with Crippen molar-refractivity contribution in [2.24, 2.45) is 5.73 Å². The van der Waals surface area contributed by atoms with Gasteiger partial charge in [0, 0.05) is 29.9 Å². The van der Waals surface area contributed by atoms with Gasteiger partial charge in [0.05, 0.1) is 12.3 Å². The summed E-state index contributed by atoms with van der Waals surface area (Å²) in [5.41, 5.74) is 6.35. The second-order valence-corrected chi connectivity index (χ2v) is 7.13. The number of thioether (sulfide) groups is 1. The molecule has 5 nitrogen and oxygen atoms in total. The number of hydrogen-bond donors (Lipinski definition) is 2. The van der Waals surface area contributed by atoms with E-state index in [0.717, 1.165) is 42.3 Å². The molecule has 3 N–H and O–H groups in total. The smallest absolute Gasteiger partial charge is 0.231 e. The summed E-state index contributed by atoms with van der Waals surface area (Å²) < 4.78 is 0. The second kappa shape index (κ2) is 9.15. The van der Waals surface area contributed by atoms with Crippen molar-refractivity contribution >= 4 is 35.2 Å². The summed E-state index contributed by atoms with van der Waals surface area (Å²) in [4.78, 5) is 24.9. The lowest BCUT2D eigenvalue weighted by Gasteiger charge is -2.31. The molecule has 1 aliphatic rings. The molecule has 0 aromatic heterocycles. The highest BCUT2D eigenvalue weighted by molar-refractivity contribution is 7.99. The Labute approximate surface area is 145 Å². The Morgan fingerprint density at radius 2 is 1.91 bits per heavy atom. The summed E-state index contributed by atoms with van der Waals surface area (Å²) in [6.07, 6.45) is 1.72. The van der Waals surface area contributed by atoms with Crippen LogP contribution < -0.4 is 11.1 Å². The SMILES string of the molecule is NC(=O)CN1CCC(NC(=O)CSCc2ccc(Cl)cc2)CC1. The van der Waals surface area contributed by atoms with Gasteiger partial charge in [-0.15, -0.1) is 11.8 Å². The van der Waals surface area contributed by atoms with Crippen LogP contribution in [0.4, 0.5) is 0 Å². The summed E-state index contributed by atoms with van der Waals surface area (Å²) >= 11 is 7.43. The fraction of sp³-hybridized carbons (Fsp3) is 0.500. The van der Waals surface area contributed by atoms with Gasteiger partial charge in [-0.25, -0.2) is 0 Å². The molecule has 0 unspecified atom stereocenters. The normalized spacial score (nSPS) is 16.2. The van der Waals surface area contributed by atoms with Crippen LogP contribution in [0.25, 0.3) is 0 Å². The topological polar surface area (TPSA) is 75.4 Å². The number of primary amides is 1. The average Bonchev–Trinajstić information content (AvgIpc) is 2.51. The summed E-state index contributed by atoms with van der Waals surface area (Å²) in [6.45, 7) is 1.90. The van der Waals surface area contributed by atoms with Crippen molar-refractivity contribution in [1.82, 2.24) is 10.2 Å². The third kappa shape index (κ3) is 6.81. The van der Waals surface area contributed by atoms with Gasteiger partial charge in [0.15, 0.2) is 0 Å². The van der Waals surface area contributed by atoms with Crippen LogP contribution in [-0.2, 0) is 15.3 Å². The van der Waals surface area contributed by atoms with E-state index in [1.807, 2.05) is 29.2 Å². The molecule has 126 valence electrons. The van der Waals surface area contributed by atoms with Crippen LogP contribution in [0, 0.1) is 0 Å². The molecule has 1 aromatic rings. The molecule has 23 heavy (non-hydrogen) atoms. The fourth-order valence-electron chi connectivity index (χ4n) is 2.57. The second-order valence-electron chi connectivity index (χ2n) is 5.70. The minimum Gasteiger partial charge on any atom is -0.369 e. The number of halogens is 1. The van der Waals surface area contributed by atoms with Crippen molar-refractivity contribution in [2.75, 3.05) is 25.4 Å². The molecule has 0 atom stereocenters. The maximum atomic E-state index is 12.0. The van der Waals surface area contributed by atoms with Gasteiger partial charge in [-0.2, -0.15) is 0 Å². The fourth-order valence-corrected chi connectivity index (χ4v) is 3.49. The number of amides is 2. The molecule has 1 saturated heterocycles. The van der Waals surface area contributed by atoms with Crippen molar-refractivity contribution in [3.8, 4) is 0 Å². The number of nitrogens with two attached hydrogens (primary N) is 1. The molecule has 1 aliphatic heterocycles. The van der Waals surface area contributed by atoms with E-state index in [1.165, 1.54) is 0 Å². The predicted octanol–water partition coefficient (Wildman–Crippen LogP) is 1.64. The Kier molecular flexibility index (Phi) is 7.20. The van der Waals surface area contributed by atoms with Crippen molar-refractivity contribution < 1.29 is 9.59 Å². The number of carbonyl (C=O) groups excluding carboxylic acids is 2. The number of carbonyl (C=O) groups is 2. The standard InChI is InChI=1S/C16H22ClN3O2S/c17-13-3-1-12(2-4-13)10-23-11-16(22)19-14-5-7-20(8-6-14)9-15(18)21/h1-4,14H,5-11H2,(H2,18,21)(H,19,22). The van der Waals surface area contributed by atoms with E-state index < -0.39 is 0 Å². The molecular weight excluding hydrogens is 334 g/mol. The van der Waals surface area contributed by atoms with Crippen molar-refractivity contribution in [3.05, 3.63) is 34.9 Å². The summed E-state index contributed by atoms with van der Waals surface area (Å²) in [6, 6.07) is 7.86. The van der Waals surface area contributed by atoms with Crippen LogP contribution >= 0.6 is 23.4 Å². The number of piperidine rings is 1. The number of nitrogens with zero attached hydrogens (tertiary/aromatic N) is 1. The quantitative estimate of drug-likeness (QED) is 0.779. The molecule has 0 saturated carbocycles. The van der Waals surface area contributed by atoms with Crippen LogP contribution in [0.15, 0.2) is 24.3 Å². The Morgan fingerprint density at radius 1 is 1.26 bits per heavy atom. The van der Waals surface area contributed by atoms with E-state index in [1.54, 1.807) is 11.8 Å². The molecular formula is C16H22ClN3O2S. The molecule has 1 heterocycles. The van der Waals surface area contributed by atoms with Gasteiger partial charge in [0.25, 0.3) is 0 Å². The molecule has 2 rings (SSSR count). The highest BCUT2D eigenvalue weighted by Gasteiger charge is 2.21. The van der Waals surface area contributed by atoms with Crippen molar-refractivity contribution in [1.29, 1.82) is 0 Å². The Bertz CT molecular complexity index is 531. The summed E-state index contributed by atoms with van der Waals surface area (Å²) in [7, 11) is 0. The lowest BCUT2D eigenvalue weighted by atomic mass is 10.1. The van der Waals surface area contributed by atoms with Crippen molar-refractivity contribution in [2.45, 2.75) is 24.6 Å². The van der Waals surface area contributed by atoms with Crippen LogP contribution in [0.3, 0.4) is 0 Å². The Hall–Kier alpha value is -1.24. The molecule has 0 spiro atoms. The molecule has 1 fully saturated rings. The van der Waals surface area contributed by atoms with E-state index in [0.29, 0.717) is 12.3 Å². The van der Waals surface area contributed by atoms with Gasteiger partial charge in [-0.05, 0) is 30.5 Å². The predicted molar refractivity (Wildman–Crippen MR) is 94.4 cm³/mol. The average molecular weight is 356 g/mol. The number of hydrogen-bond acceptors (Lipinski definition) is 4. The highest BCUT2D eigenvalue weighted by atomic mass is 35.5. The summed E-state index contributed by atoms with van der Waals surface area (Å²) in [5, 5.41) is 3.79. The third-order valence-corrected chi connectivity index (χ3v) is 5.00. The van der Waals surface area contributed by atoms with Gasteiger partial charge in [0.1, 0.15) is 0 Å². The monoisotopic (exact) mass is 355 g/mol. The lowest BCUT2D eigenvalue weighted by Crippen LogP contribution is -2.47. The van der Waals surface area contributed by atoms with Gasteiger partial charge in [-0.3, -0.25) is 14.5 Å². The molecule has 2 amide bonds. The minimum absolute atomic E-state index is 0.0670. The van der Waals surface area contributed by atoms with Gasteiger partial charge in [0.2, 0.25) is 11.8 Å². The molecule has 0 bridgehead atoms. The molecule has 1 aromatic carbocycles. The number of benzene rings is 1. The number of rotatable bonds is 7. The van der Waals surface area contributed by atoms with Crippen LogP contribution in [0.2, 0.25) is 5.02 Å². The largest absolute Gasteiger partial charge is 0.369 e. The zero-order chi connectivity index (χ0) is 16.7. The van der Waals surface area contributed by atoms with Gasteiger partial charge < -0.3 is 11.1 Å². The molecule has 0 aliphatic carbocycles. The third-order valence-electron chi connectivity index (χ3n) is 3.75. The van der Waals surface area contributed by atoms with Gasteiger partial charge >= 0.3 is 0 Å². The van der Waals surface area contributed by atoms with E-state index in [2.05, 4.69) is 5.32 Å². The lowest BCUT2D eigenvalue weighted by molar-refractivity contribution is -0.121. The first kappa shape index (κ1) is 18.1. The number of likely N-dealkylation sites (tertiary alicyclic amines) is 1. The van der Waals surface area contributed by atoms with Crippen LogP contribution in [0.5, 0.6) is 0 Å². The molecule has 7 heteroatoms. The van der Waals surface area contributed by atoms with Crippen LogP contribution in [-0.4, -0.2) is 48.1 Å². The van der Waals surface area contributed by atoms with Crippen molar-refractivity contribution in [3.63, 3.8) is 0 Å². The maximum Gasteiger partial charge on any atom is 0.231 e. The minimum atomic E-state index is -0.300. The summed E-state index contributed by atoms with van der Waals surface area (Å²) in [5.74, 6) is 1.01. The van der Waals surface area contributed by atoms with Crippen LogP contribution in [0.1, 0.15) is 18.4 Å². The number of nitrogens with one attached hydrogen (secondary N) is 1. The zero-order valence-corrected chi connectivity index (χ0v) is 14.5. The Balaban J connectivity index is 1.62. The zero-order valence-electron chi connectivity index (χ0n) is 13.0. The molecule has 0 radical (unpaired) electrons. The first-order valence-electron chi connectivity index (χ1n) is 7.65. The van der Waals surface area contributed by atoms with E-state index >= 15 is 0 Å². The van der Waals surface area contributed by atoms with E-state index in [9.17, 15) is 9.59 Å². The Morgan fingerprint density at radius 3 is 2.52 bits per heavy atom. The first-order valence-corrected chi connectivity index (χ1v) is 9.18. The first-order chi connectivity index (χ1) is 11.0. The van der Waals surface area contributed by atoms with E-state index in [4.69, 9.17) is 17.3 Å². The maximum absolute atomic E-state index is 12.0. The highest BCUT2D eigenvalue weighted by Crippen LogP contribution is 2.16.